The van der Waals surface area contributed by atoms with Crippen LogP contribution >= 0.6 is 11.6 Å². The average molecular weight is 283 g/mol. The molecule has 0 aromatic heterocycles. The number of hydrogen-bond donors (Lipinski definition) is 0. The van der Waals surface area contributed by atoms with Crippen molar-refractivity contribution in [3.05, 3.63) is 34.6 Å². The number of Topliss-reactive ketones (excluding diaryl/α,β-unsaturated/α-hetero) is 1. The molecule has 0 aliphatic heterocycles. The molecule has 19 heavy (non-hydrogen) atoms. The van der Waals surface area contributed by atoms with E-state index in [1.54, 1.807) is 6.07 Å². The smallest absolute Gasteiger partial charge is 0.140 e. The van der Waals surface area contributed by atoms with Crippen molar-refractivity contribution >= 4 is 17.4 Å². The van der Waals surface area contributed by atoms with Crippen LogP contribution in [0.3, 0.4) is 0 Å². The van der Waals surface area contributed by atoms with Gasteiger partial charge in [0.05, 0.1) is 0 Å². The van der Waals surface area contributed by atoms with Crippen molar-refractivity contribution in [2.75, 3.05) is 0 Å². The van der Waals surface area contributed by atoms with E-state index in [-0.39, 0.29) is 17.5 Å². The van der Waals surface area contributed by atoms with Crippen LogP contribution in [-0.2, 0) is 11.2 Å². The molecule has 104 valence electrons. The molecule has 0 saturated heterocycles. The fourth-order valence-corrected chi connectivity index (χ4v) is 3.01. The highest BCUT2D eigenvalue weighted by Crippen LogP contribution is 2.26. The Bertz CT molecular complexity index is 436. The highest BCUT2D eigenvalue weighted by Gasteiger charge is 2.20. The van der Waals surface area contributed by atoms with E-state index in [1.807, 2.05) is 0 Å². The van der Waals surface area contributed by atoms with Gasteiger partial charge < -0.3 is 0 Å². The maximum absolute atomic E-state index is 13.0. The molecular weight excluding hydrogens is 263 g/mol. The van der Waals surface area contributed by atoms with Crippen LogP contribution in [0.15, 0.2) is 18.2 Å². The second kappa shape index (κ2) is 7.04. The summed E-state index contributed by atoms with van der Waals surface area (Å²) in [5.41, 5.74) is 0.745. The fourth-order valence-electron chi connectivity index (χ4n) is 2.78. The quantitative estimate of drug-likeness (QED) is 0.766. The van der Waals surface area contributed by atoms with Crippen molar-refractivity contribution in [3.63, 3.8) is 0 Å². The zero-order valence-corrected chi connectivity index (χ0v) is 11.9. The van der Waals surface area contributed by atoms with E-state index in [0.29, 0.717) is 11.4 Å². The molecule has 0 heterocycles. The maximum Gasteiger partial charge on any atom is 0.140 e. The highest BCUT2D eigenvalue weighted by atomic mass is 35.5. The Hall–Kier alpha value is -0.890. The molecule has 0 unspecified atom stereocenters. The van der Waals surface area contributed by atoms with Crippen molar-refractivity contribution in [1.29, 1.82) is 0 Å². The largest absolute Gasteiger partial charge is 0.299 e. The number of hydrogen-bond acceptors (Lipinski definition) is 1. The van der Waals surface area contributed by atoms with Gasteiger partial charge in [-0.2, -0.15) is 0 Å². The lowest BCUT2D eigenvalue weighted by Crippen LogP contribution is -2.18. The third kappa shape index (κ3) is 4.31. The highest BCUT2D eigenvalue weighted by molar-refractivity contribution is 6.31. The first-order valence-corrected chi connectivity index (χ1v) is 7.51. The Kier molecular flexibility index (Phi) is 5.38. The number of rotatable bonds is 3. The van der Waals surface area contributed by atoms with Crippen LogP contribution in [0.25, 0.3) is 0 Å². The van der Waals surface area contributed by atoms with Gasteiger partial charge in [0, 0.05) is 17.4 Å². The number of carbonyl (C=O) groups excluding carboxylic acids is 1. The van der Waals surface area contributed by atoms with Crippen LogP contribution < -0.4 is 0 Å². The summed E-state index contributed by atoms with van der Waals surface area (Å²) in [7, 11) is 0. The van der Waals surface area contributed by atoms with Gasteiger partial charge in [0.2, 0.25) is 0 Å². The van der Waals surface area contributed by atoms with Gasteiger partial charge in [-0.1, -0.05) is 49.8 Å². The van der Waals surface area contributed by atoms with E-state index >= 15 is 0 Å². The van der Waals surface area contributed by atoms with Gasteiger partial charge in [0.1, 0.15) is 11.6 Å². The molecule has 1 aromatic rings. The third-order valence-corrected chi connectivity index (χ3v) is 4.29. The van der Waals surface area contributed by atoms with Crippen LogP contribution in [0.5, 0.6) is 0 Å². The summed E-state index contributed by atoms with van der Waals surface area (Å²) in [4.78, 5) is 12.3. The lowest BCUT2D eigenvalue weighted by molar-refractivity contribution is -0.122. The van der Waals surface area contributed by atoms with Gasteiger partial charge in [-0.3, -0.25) is 4.79 Å². The van der Waals surface area contributed by atoms with E-state index in [1.165, 1.54) is 31.4 Å². The number of halogens is 2. The summed E-state index contributed by atoms with van der Waals surface area (Å²) in [6.07, 6.45) is 8.40. The summed E-state index contributed by atoms with van der Waals surface area (Å²) >= 11 is 5.98. The Labute approximate surface area is 119 Å². The summed E-state index contributed by atoms with van der Waals surface area (Å²) < 4.78 is 13.0. The molecule has 0 amide bonds. The minimum Gasteiger partial charge on any atom is -0.299 e. The Morgan fingerprint density at radius 1 is 1.16 bits per heavy atom. The molecule has 1 aliphatic carbocycles. The Morgan fingerprint density at radius 3 is 2.42 bits per heavy atom. The SMILES string of the molecule is O=C(Cc1ccc(F)cc1Cl)C1CCCCCCC1. The van der Waals surface area contributed by atoms with E-state index in [0.717, 1.165) is 31.2 Å². The number of ketones is 1. The average Bonchev–Trinajstić information content (AvgIpc) is 2.32. The van der Waals surface area contributed by atoms with Gasteiger partial charge in [0.15, 0.2) is 0 Å². The van der Waals surface area contributed by atoms with E-state index in [4.69, 9.17) is 11.6 Å². The van der Waals surface area contributed by atoms with Crippen molar-refractivity contribution in [3.8, 4) is 0 Å². The van der Waals surface area contributed by atoms with Crippen molar-refractivity contribution in [2.45, 2.75) is 51.4 Å². The van der Waals surface area contributed by atoms with Crippen LogP contribution in [0.4, 0.5) is 4.39 Å². The lowest BCUT2D eigenvalue weighted by atomic mass is 9.86. The summed E-state index contributed by atoms with van der Waals surface area (Å²) in [5.74, 6) is 0.0731. The molecule has 1 fully saturated rings. The first-order valence-electron chi connectivity index (χ1n) is 7.13. The molecule has 0 spiro atoms. The van der Waals surface area contributed by atoms with Gasteiger partial charge in [-0.15, -0.1) is 0 Å². The summed E-state index contributed by atoms with van der Waals surface area (Å²) in [6.45, 7) is 0. The first-order chi connectivity index (χ1) is 9.16. The predicted octanol–water partition coefficient (Wildman–Crippen LogP) is 4.95. The van der Waals surface area contributed by atoms with Crippen LogP contribution in [0.1, 0.15) is 50.5 Å². The molecule has 1 aliphatic rings. The topological polar surface area (TPSA) is 17.1 Å². The molecule has 0 atom stereocenters. The minimum absolute atomic E-state index is 0.168. The molecule has 1 saturated carbocycles. The zero-order valence-electron chi connectivity index (χ0n) is 11.1. The van der Waals surface area contributed by atoms with Gasteiger partial charge in [0.25, 0.3) is 0 Å². The zero-order chi connectivity index (χ0) is 13.7. The molecule has 0 N–H and O–H groups in total. The van der Waals surface area contributed by atoms with E-state index in [2.05, 4.69) is 0 Å². The second-order valence-electron chi connectivity index (χ2n) is 5.42. The molecular formula is C16H20ClFO. The molecule has 0 radical (unpaired) electrons. The van der Waals surface area contributed by atoms with E-state index < -0.39 is 0 Å². The monoisotopic (exact) mass is 282 g/mol. The second-order valence-corrected chi connectivity index (χ2v) is 5.83. The van der Waals surface area contributed by atoms with Crippen LogP contribution in [0, 0.1) is 11.7 Å². The third-order valence-electron chi connectivity index (χ3n) is 3.94. The fraction of sp³-hybridized carbons (Fsp3) is 0.562. The number of carbonyl (C=O) groups is 1. The van der Waals surface area contributed by atoms with Gasteiger partial charge in [-0.05, 0) is 30.5 Å². The van der Waals surface area contributed by atoms with Crippen LogP contribution in [0.2, 0.25) is 5.02 Å². The van der Waals surface area contributed by atoms with Gasteiger partial charge in [-0.25, -0.2) is 4.39 Å². The maximum atomic E-state index is 13.0. The lowest BCUT2D eigenvalue weighted by Gasteiger charge is -2.18. The molecule has 1 aromatic carbocycles. The van der Waals surface area contributed by atoms with Crippen molar-refractivity contribution < 1.29 is 9.18 Å². The Morgan fingerprint density at radius 2 is 1.79 bits per heavy atom. The summed E-state index contributed by atoms with van der Waals surface area (Å²) in [6, 6.07) is 4.27. The summed E-state index contributed by atoms with van der Waals surface area (Å²) in [5, 5.41) is 0.360. The molecule has 3 heteroatoms. The molecule has 2 rings (SSSR count). The Balaban J connectivity index is 1.98. The van der Waals surface area contributed by atoms with Crippen molar-refractivity contribution in [2.24, 2.45) is 5.92 Å². The van der Waals surface area contributed by atoms with Gasteiger partial charge >= 0.3 is 0 Å². The minimum atomic E-state index is -0.354. The normalized spacial score (nSPS) is 17.8. The molecule has 0 bridgehead atoms. The standard InChI is InChI=1S/C16H20ClFO/c17-15-11-14(18)9-8-13(15)10-16(19)12-6-4-2-1-3-5-7-12/h8-9,11-12H,1-7,10H2. The van der Waals surface area contributed by atoms with Crippen LogP contribution in [-0.4, -0.2) is 5.78 Å². The van der Waals surface area contributed by atoms with Crippen molar-refractivity contribution in [1.82, 2.24) is 0 Å². The molecule has 1 nitrogen and oxygen atoms in total. The number of benzene rings is 1. The predicted molar refractivity (Wildman–Crippen MR) is 75.9 cm³/mol. The van der Waals surface area contributed by atoms with E-state index in [9.17, 15) is 9.18 Å². The first kappa shape index (κ1) is 14.5.